The Labute approximate surface area is 150 Å². The van der Waals surface area contributed by atoms with Crippen LogP contribution in [0.15, 0.2) is 54.7 Å². The summed E-state index contributed by atoms with van der Waals surface area (Å²) in [5.41, 5.74) is 3.18. The number of amides is 1. The molecular formula is C20H19N5O. The molecule has 0 aliphatic carbocycles. The topological polar surface area (TPSA) is 72.2 Å². The summed E-state index contributed by atoms with van der Waals surface area (Å²) in [6.45, 7) is 2.48. The molecule has 0 aliphatic heterocycles. The van der Waals surface area contributed by atoms with Gasteiger partial charge in [0.2, 0.25) is 0 Å². The van der Waals surface area contributed by atoms with Gasteiger partial charge in [-0.3, -0.25) is 14.2 Å². The summed E-state index contributed by atoms with van der Waals surface area (Å²) in [6, 6.07) is 15.4. The second kappa shape index (κ2) is 6.92. The number of hydrogen-bond donors (Lipinski definition) is 1. The molecule has 0 bridgehead atoms. The molecule has 4 rings (SSSR count). The van der Waals surface area contributed by atoms with Gasteiger partial charge in [-0.2, -0.15) is 0 Å². The SMILES string of the molecule is Cc1cc(C(=O)NCCCc2nnc3ccccn23)c2ccccc2n1. The van der Waals surface area contributed by atoms with Gasteiger partial charge in [0, 0.05) is 30.2 Å². The Kier molecular flexibility index (Phi) is 4.31. The van der Waals surface area contributed by atoms with Crippen LogP contribution in [-0.2, 0) is 6.42 Å². The average molecular weight is 345 g/mol. The minimum absolute atomic E-state index is 0.0715. The van der Waals surface area contributed by atoms with Crippen molar-refractivity contribution in [1.82, 2.24) is 24.9 Å². The van der Waals surface area contributed by atoms with E-state index in [1.54, 1.807) is 0 Å². The molecular weight excluding hydrogens is 326 g/mol. The fourth-order valence-electron chi connectivity index (χ4n) is 3.10. The second-order valence-electron chi connectivity index (χ2n) is 6.23. The van der Waals surface area contributed by atoms with Crippen LogP contribution in [0, 0.1) is 6.92 Å². The Morgan fingerprint density at radius 2 is 1.96 bits per heavy atom. The second-order valence-corrected chi connectivity index (χ2v) is 6.23. The predicted octanol–water partition coefficient (Wildman–Crippen LogP) is 2.95. The highest BCUT2D eigenvalue weighted by atomic mass is 16.1. The summed E-state index contributed by atoms with van der Waals surface area (Å²) >= 11 is 0. The number of nitrogens with zero attached hydrogens (tertiary/aromatic N) is 4. The number of carbonyl (C=O) groups is 1. The zero-order valence-corrected chi connectivity index (χ0v) is 14.5. The van der Waals surface area contributed by atoms with E-state index in [0.717, 1.165) is 40.9 Å². The monoisotopic (exact) mass is 345 g/mol. The van der Waals surface area contributed by atoms with Crippen LogP contribution in [0.4, 0.5) is 0 Å². The number of aryl methyl sites for hydroxylation is 2. The number of benzene rings is 1. The van der Waals surface area contributed by atoms with Gasteiger partial charge in [0.1, 0.15) is 5.82 Å². The van der Waals surface area contributed by atoms with Crippen LogP contribution >= 0.6 is 0 Å². The fraction of sp³-hybridized carbons (Fsp3) is 0.200. The van der Waals surface area contributed by atoms with Crippen LogP contribution in [0.25, 0.3) is 16.6 Å². The van der Waals surface area contributed by atoms with Crippen molar-refractivity contribution >= 4 is 22.5 Å². The number of hydrogen-bond acceptors (Lipinski definition) is 4. The maximum atomic E-state index is 12.6. The number of pyridine rings is 2. The molecule has 6 heteroatoms. The lowest BCUT2D eigenvalue weighted by Gasteiger charge is -2.09. The zero-order valence-electron chi connectivity index (χ0n) is 14.5. The van der Waals surface area contributed by atoms with Crippen molar-refractivity contribution in [3.05, 3.63) is 71.8 Å². The molecule has 0 unspecified atom stereocenters. The van der Waals surface area contributed by atoms with Gasteiger partial charge in [-0.1, -0.05) is 24.3 Å². The normalized spacial score (nSPS) is 11.1. The molecule has 4 aromatic rings. The van der Waals surface area contributed by atoms with Crippen molar-refractivity contribution in [2.45, 2.75) is 19.8 Å². The van der Waals surface area contributed by atoms with Crippen molar-refractivity contribution in [2.75, 3.05) is 6.54 Å². The lowest BCUT2D eigenvalue weighted by atomic mass is 10.1. The third kappa shape index (κ3) is 3.13. The average Bonchev–Trinajstić information content (AvgIpc) is 3.07. The molecule has 0 saturated heterocycles. The lowest BCUT2D eigenvalue weighted by Crippen LogP contribution is -2.25. The lowest BCUT2D eigenvalue weighted by molar-refractivity contribution is 0.0954. The number of fused-ring (bicyclic) bond motifs is 2. The van der Waals surface area contributed by atoms with Gasteiger partial charge in [-0.15, -0.1) is 10.2 Å². The standard InChI is InChI=1S/C20H19N5O/c1-14-13-16(15-7-2-3-8-17(15)22-14)20(26)21-11-6-10-19-24-23-18-9-4-5-12-25(18)19/h2-5,7-9,12-13H,6,10-11H2,1H3,(H,21,26). The molecule has 0 radical (unpaired) electrons. The molecule has 1 amide bonds. The highest BCUT2D eigenvalue weighted by Gasteiger charge is 2.11. The molecule has 1 aromatic carbocycles. The first-order chi connectivity index (χ1) is 12.7. The molecule has 0 fully saturated rings. The summed E-state index contributed by atoms with van der Waals surface area (Å²) in [4.78, 5) is 17.1. The predicted molar refractivity (Wildman–Crippen MR) is 100 cm³/mol. The van der Waals surface area contributed by atoms with Gasteiger partial charge < -0.3 is 5.32 Å². The van der Waals surface area contributed by atoms with E-state index in [4.69, 9.17) is 0 Å². The third-order valence-electron chi connectivity index (χ3n) is 4.34. The van der Waals surface area contributed by atoms with Crippen molar-refractivity contribution < 1.29 is 4.79 Å². The number of nitrogens with one attached hydrogen (secondary N) is 1. The van der Waals surface area contributed by atoms with Crippen LogP contribution in [0.3, 0.4) is 0 Å². The molecule has 3 heterocycles. The highest BCUT2D eigenvalue weighted by Crippen LogP contribution is 2.18. The first kappa shape index (κ1) is 16.2. The molecule has 0 atom stereocenters. The Bertz CT molecular complexity index is 1090. The Morgan fingerprint density at radius 1 is 1.12 bits per heavy atom. The van der Waals surface area contributed by atoms with Gasteiger partial charge in [0.25, 0.3) is 5.91 Å². The number of rotatable bonds is 5. The first-order valence-corrected chi connectivity index (χ1v) is 8.65. The third-order valence-corrected chi connectivity index (χ3v) is 4.34. The van der Waals surface area contributed by atoms with Gasteiger partial charge >= 0.3 is 0 Å². The van der Waals surface area contributed by atoms with Crippen molar-refractivity contribution in [2.24, 2.45) is 0 Å². The van der Waals surface area contributed by atoms with E-state index in [9.17, 15) is 4.79 Å². The quantitative estimate of drug-likeness (QED) is 0.565. The Balaban J connectivity index is 1.42. The molecule has 1 N–H and O–H groups in total. The van der Waals surface area contributed by atoms with E-state index in [0.29, 0.717) is 12.1 Å². The van der Waals surface area contributed by atoms with Crippen LogP contribution in [0.2, 0.25) is 0 Å². The fourth-order valence-corrected chi connectivity index (χ4v) is 3.10. The molecule has 6 nitrogen and oxygen atoms in total. The minimum Gasteiger partial charge on any atom is -0.352 e. The summed E-state index contributed by atoms with van der Waals surface area (Å²) < 4.78 is 1.97. The van der Waals surface area contributed by atoms with Crippen LogP contribution in [0.1, 0.15) is 28.3 Å². The molecule has 130 valence electrons. The molecule has 0 saturated carbocycles. The van der Waals surface area contributed by atoms with Crippen molar-refractivity contribution in [3.8, 4) is 0 Å². The number of carbonyl (C=O) groups excluding carboxylic acids is 1. The molecule has 0 aliphatic rings. The largest absolute Gasteiger partial charge is 0.352 e. The smallest absolute Gasteiger partial charge is 0.252 e. The van der Waals surface area contributed by atoms with E-state index in [-0.39, 0.29) is 5.91 Å². The van der Waals surface area contributed by atoms with Crippen LogP contribution in [0.5, 0.6) is 0 Å². The number of aromatic nitrogens is 4. The Morgan fingerprint density at radius 3 is 2.88 bits per heavy atom. The van der Waals surface area contributed by atoms with E-state index in [2.05, 4.69) is 20.5 Å². The molecule has 0 spiro atoms. The first-order valence-electron chi connectivity index (χ1n) is 8.65. The molecule has 3 aromatic heterocycles. The maximum Gasteiger partial charge on any atom is 0.252 e. The molecule has 26 heavy (non-hydrogen) atoms. The Hall–Kier alpha value is -3.28. The summed E-state index contributed by atoms with van der Waals surface area (Å²) in [7, 11) is 0. The van der Waals surface area contributed by atoms with E-state index < -0.39 is 0 Å². The van der Waals surface area contributed by atoms with E-state index >= 15 is 0 Å². The van der Waals surface area contributed by atoms with Crippen LogP contribution < -0.4 is 5.32 Å². The van der Waals surface area contributed by atoms with Crippen LogP contribution in [-0.4, -0.2) is 32.0 Å². The summed E-state index contributed by atoms with van der Waals surface area (Å²) in [5, 5.41) is 12.2. The van der Waals surface area contributed by atoms with E-state index in [1.165, 1.54) is 0 Å². The maximum absolute atomic E-state index is 12.6. The summed E-state index contributed by atoms with van der Waals surface area (Å²) in [5.74, 6) is 0.831. The van der Waals surface area contributed by atoms with Gasteiger partial charge in [0.15, 0.2) is 5.65 Å². The zero-order chi connectivity index (χ0) is 17.9. The minimum atomic E-state index is -0.0715. The van der Waals surface area contributed by atoms with Crippen molar-refractivity contribution in [3.63, 3.8) is 0 Å². The number of para-hydroxylation sites is 1. The van der Waals surface area contributed by atoms with Gasteiger partial charge in [-0.25, -0.2) is 0 Å². The summed E-state index contributed by atoms with van der Waals surface area (Å²) in [6.07, 6.45) is 3.50. The van der Waals surface area contributed by atoms with Gasteiger partial charge in [-0.05, 0) is 37.6 Å². The highest BCUT2D eigenvalue weighted by molar-refractivity contribution is 6.06. The van der Waals surface area contributed by atoms with Crippen molar-refractivity contribution in [1.29, 1.82) is 0 Å². The van der Waals surface area contributed by atoms with Gasteiger partial charge in [0.05, 0.1) is 11.1 Å². The van der Waals surface area contributed by atoms with E-state index in [1.807, 2.05) is 66.1 Å².